The highest BCUT2D eigenvalue weighted by Gasteiger charge is 2.35. The minimum atomic E-state index is -0.517. The van der Waals surface area contributed by atoms with E-state index in [1.165, 1.54) is 0 Å². The van der Waals surface area contributed by atoms with Gasteiger partial charge in [-0.05, 0) is 44.2 Å². The first-order chi connectivity index (χ1) is 13.4. The molecule has 3 aromatic rings. The smallest absolute Gasteiger partial charge is 0.322 e. The Morgan fingerprint density at radius 3 is 2.64 bits per heavy atom. The van der Waals surface area contributed by atoms with Crippen molar-refractivity contribution < 1.29 is 18.4 Å². The molecule has 0 saturated carbocycles. The predicted octanol–water partition coefficient (Wildman–Crippen LogP) is 3.59. The molecule has 9 heteroatoms. The van der Waals surface area contributed by atoms with E-state index in [0.29, 0.717) is 22.0 Å². The second-order valence-corrected chi connectivity index (χ2v) is 7.05. The van der Waals surface area contributed by atoms with Gasteiger partial charge in [0.05, 0.1) is 11.5 Å². The lowest BCUT2D eigenvalue weighted by Gasteiger charge is -2.16. The molecule has 1 fully saturated rings. The molecule has 2 amide bonds. The van der Waals surface area contributed by atoms with Crippen LogP contribution in [0.25, 0.3) is 11.5 Å². The predicted molar refractivity (Wildman–Crippen MR) is 102 cm³/mol. The monoisotopic (exact) mass is 400 g/mol. The molecule has 0 spiro atoms. The number of rotatable bonds is 4. The highest BCUT2D eigenvalue weighted by atomic mass is 35.5. The molecular formula is C19H17ClN4O4. The molecule has 1 aliphatic heterocycles. The quantitative estimate of drug-likeness (QED) is 0.718. The van der Waals surface area contributed by atoms with Crippen molar-refractivity contribution in [2.45, 2.75) is 20.3 Å². The van der Waals surface area contributed by atoms with Crippen LogP contribution in [0.5, 0.6) is 0 Å². The maximum absolute atomic E-state index is 12.6. The number of nitrogens with one attached hydrogen (secondary N) is 1. The Hall–Kier alpha value is -3.13. The van der Waals surface area contributed by atoms with Gasteiger partial charge in [-0.25, -0.2) is 0 Å². The maximum atomic E-state index is 12.6. The highest BCUT2D eigenvalue weighted by molar-refractivity contribution is 6.30. The molecule has 1 unspecified atom stereocenters. The molecule has 1 aromatic carbocycles. The number of aromatic nitrogens is 2. The topological polar surface area (TPSA) is 101 Å². The van der Waals surface area contributed by atoms with Crippen LogP contribution in [-0.4, -0.2) is 28.6 Å². The number of hydrogen-bond donors (Lipinski definition) is 1. The highest BCUT2D eigenvalue weighted by Crippen LogP contribution is 2.29. The van der Waals surface area contributed by atoms with Crippen LogP contribution in [0.15, 0.2) is 39.2 Å². The van der Waals surface area contributed by atoms with Crippen molar-refractivity contribution in [1.29, 1.82) is 0 Å². The summed E-state index contributed by atoms with van der Waals surface area (Å²) >= 11 is 5.88. The van der Waals surface area contributed by atoms with Crippen LogP contribution in [0.2, 0.25) is 5.02 Å². The average molecular weight is 401 g/mol. The van der Waals surface area contributed by atoms with Gasteiger partial charge in [0.15, 0.2) is 0 Å². The normalized spacial score (nSPS) is 16.6. The van der Waals surface area contributed by atoms with Crippen molar-refractivity contribution in [3.63, 3.8) is 0 Å². The molecule has 1 atom stereocenters. The third-order valence-corrected chi connectivity index (χ3v) is 4.81. The fraction of sp³-hybridized carbons (Fsp3) is 0.263. The molecule has 8 nitrogen and oxygen atoms in total. The summed E-state index contributed by atoms with van der Waals surface area (Å²) in [4.78, 5) is 26.4. The minimum Gasteiger partial charge on any atom is -0.466 e. The molecule has 1 aliphatic rings. The van der Waals surface area contributed by atoms with Crippen molar-refractivity contribution in [2.24, 2.45) is 5.92 Å². The Labute approximate surface area is 165 Å². The molecule has 0 radical (unpaired) electrons. The van der Waals surface area contributed by atoms with Gasteiger partial charge >= 0.3 is 6.01 Å². The van der Waals surface area contributed by atoms with Crippen LogP contribution >= 0.6 is 11.6 Å². The van der Waals surface area contributed by atoms with E-state index in [-0.39, 0.29) is 36.7 Å². The van der Waals surface area contributed by atoms with E-state index in [1.54, 1.807) is 42.2 Å². The van der Waals surface area contributed by atoms with Crippen molar-refractivity contribution in [2.75, 3.05) is 16.8 Å². The van der Waals surface area contributed by atoms with Crippen LogP contribution < -0.4 is 10.2 Å². The van der Waals surface area contributed by atoms with Crippen molar-refractivity contribution in [3.05, 3.63) is 46.9 Å². The number of carbonyl (C=O) groups is 2. The van der Waals surface area contributed by atoms with E-state index >= 15 is 0 Å². The number of hydrogen-bond acceptors (Lipinski definition) is 6. The Kier molecular flexibility index (Phi) is 4.64. The number of amides is 2. The summed E-state index contributed by atoms with van der Waals surface area (Å²) in [5.41, 5.74) is 1.38. The Balaban J connectivity index is 1.44. The molecule has 2 aromatic heterocycles. The largest absolute Gasteiger partial charge is 0.466 e. The second kappa shape index (κ2) is 7.12. The third-order valence-electron chi connectivity index (χ3n) is 4.56. The van der Waals surface area contributed by atoms with Crippen LogP contribution in [0, 0.1) is 19.8 Å². The number of benzene rings is 1. The molecule has 1 saturated heterocycles. The third kappa shape index (κ3) is 3.50. The average Bonchev–Trinajstić information content (AvgIpc) is 3.35. The van der Waals surface area contributed by atoms with Gasteiger partial charge in [-0.1, -0.05) is 16.7 Å². The Morgan fingerprint density at radius 2 is 1.96 bits per heavy atom. The van der Waals surface area contributed by atoms with Gasteiger partial charge in [-0.15, -0.1) is 5.10 Å². The zero-order chi connectivity index (χ0) is 19.8. The zero-order valence-corrected chi connectivity index (χ0v) is 16.0. The van der Waals surface area contributed by atoms with Gasteiger partial charge in [0, 0.05) is 23.7 Å². The number of halogens is 1. The van der Waals surface area contributed by atoms with E-state index in [9.17, 15) is 9.59 Å². The lowest BCUT2D eigenvalue weighted by atomic mass is 10.1. The summed E-state index contributed by atoms with van der Waals surface area (Å²) in [5.74, 6) is 0.645. The molecule has 28 heavy (non-hydrogen) atoms. The number of furan rings is 1. The first-order valence-corrected chi connectivity index (χ1v) is 9.06. The van der Waals surface area contributed by atoms with E-state index in [1.807, 2.05) is 6.92 Å². The minimum absolute atomic E-state index is 0.0179. The number of anilines is 2. The van der Waals surface area contributed by atoms with Crippen LogP contribution in [0.3, 0.4) is 0 Å². The van der Waals surface area contributed by atoms with Gasteiger partial charge in [-0.3, -0.25) is 14.9 Å². The SMILES string of the molecule is Cc1cc(-c2nnc(NC(=O)C3CC(=O)N(c4ccc(Cl)cc4)C3)o2)c(C)o1. The second-order valence-electron chi connectivity index (χ2n) is 6.61. The first-order valence-electron chi connectivity index (χ1n) is 8.68. The number of aryl methyl sites for hydroxylation is 2. The van der Waals surface area contributed by atoms with Gasteiger partial charge in [0.1, 0.15) is 11.5 Å². The van der Waals surface area contributed by atoms with Crippen molar-refractivity contribution >= 4 is 35.1 Å². The molecule has 0 bridgehead atoms. The maximum Gasteiger partial charge on any atom is 0.322 e. The van der Waals surface area contributed by atoms with Crippen LogP contribution in [-0.2, 0) is 9.59 Å². The van der Waals surface area contributed by atoms with E-state index in [2.05, 4.69) is 15.5 Å². The number of nitrogens with zero attached hydrogens (tertiary/aromatic N) is 3. The summed E-state index contributed by atoms with van der Waals surface area (Å²) in [6, 6.07) is 8.68. The van der Waals surface area contributed by atoms with E-state index in [0.717, 1.165) is 5.76 Å². The molecular weight excluding hydrogens is 384 g/mol. The summed E-state index contributed by atoms with van der Waals surface area (Å²) in [6.07, 6.45) is 0.107. The molecule has 144 valence electrons. The zero-order valence-electron chi connectivity index (χ0n) is 15.2. The lowest BCUT2D eigenvalue weighted by Crippen LogP contribution is -2.28. The standard InChI is InChI=1S/C19H17ClN4O4/c1-10-7-15(11(2)27-10)18-22-23-19(28-18)21-17(26)12-8-16(25)24(9-12)14-5-3-13(20)4-6-14/h3-7,12H,8-9H2,1-2H3,(H,21,23,26). The first kappa shape index (κ1) is 18.2. The Bertz CT molecular complexity index is 1040. The Morgan fingerprint density at radius 1 is 1.21 bits per heavy atom. The fourth-order valence-electron chi connectivity index (χ4n) is 3.19. The van der Waals surface area contributed by atoms with Crippen LogP contribution in [0.4, 0.5) is 11.7 Å². The van der Waals surface area contributed by atoms with Gasteiger partial charge in [0.2, 0.25) is 11.8 Å². The summed E-state index contributed by atoms with van der Waals surface area (Å²) in [6.45, 7) is 3.88. The van der Waals surface area contributed by atoms with Gasteiger partial charge < -0.3 is 13.7 Å². The molecule has 0 aliphatic carbocycles. The fourth-order valence-corrected chi connectivity index (χ4v) is 3.31. The molecule has 4 rings (SSSR count). The lowest BCUT2D eigenvalue weighted by molar-refractivity contribution is -0.122. The van der Waals surface area contributed by atoms with Crippen molar-refractivity contribution in [1.82, 2.24) is 10.2 Å². The number of carbonyl (C=O) groups excluding carboxylic acids is 2. The van der Waals surface area contributed by atoms with Crippen LogP contribution in [0.1, 0.15) is 17.9 Å². The van der Waals surface area contributed by atoms with E-state index < -0.39 is 5.92 Å². The summed E-state index contributed by atoms with van der Waals surface area (Å²) in [7, 11) is 0. The summed E-state index contributed by atoms with van der Waals surface area (Å²) < 4.78 is 11.0. The van der Waals surface area contributed by atoms with E-state index in [4.69, 9.17) is 20.4 Å². The summed E-state index contributed by atoms with van der Waals surface area (Å²) in [5, 5.41) is 11.0. The molecule has 3 heterocycles. The van der Waals surface area contributed by atoms with Crippen molar-refractivity contribution in [3.8, 4) is 11.5 Å². The van der Waals surface area contributed by atoms with Gasteiger partial charge in [0.25, 0.3) is 5.89 Å². The van der Waals surface area contributed by atoms with Gasteiger partial charge in [-0.2, -0.15) is 0 Å². The molecule has 1 N–H and O–H groups in total.